The second kappa shape index (κ2) is 21.5. The van der Waals surface area contributed by atoms with E-state index < -0.39 is 42.3 Å². The smallest absolute Gasteiger partial charge is 0.334 e. The van der Waals surface area contributed by atoms with E-state index in [2.05, 4.69) is 26.2 Å². The Morgan fingerprint density at radius 1 is 0.268 bits per heavy atom. The fraction of sp³-hybridized carbons (Fsp3) is 1.00. The quantitative estimate of drug-likeness (QED) is 0.0611. The summed E-state index contributed by atoms with van der Waals surface area (Å²) in [6.07, 6.45) is 9.85. The van der Waals surface area contributed by atoms with E-state index >= 15 is 0 Å². The Morgan fingerprint density at radius 2 is 0.415 bits per heavy atom. The Bertz CT molecular complexity index is 535. The largest absolute Gasteiger partial charge is 0.398 e. The highest BCUT2D eigenvalue weighted by Crippen LogP contribution is 2.36. The van der Waals surface area contributed by atoms with E-state index in [9.17, 15) is 0 Å². The number of hydrogen-bond acceptors (Lipinski definition) is 8. The highest BCUT2D eigenvalue weighted by Gasteiger charge is 2.36. The molecular weight excluding hydrogens is 605 g/mol. The van der Waals surface area contributed by atoms with E-state index in [4.69, 9.17) is 35.4 Å². The Morgan fingerprint density at radius 3 is 0.561 bits per heavy atom. The van der Waals surface area contributed by atoms with Gasteiger partial charge in [-0.2, -0.15) is 0 Å². The van der Waals surface area contributed by atoms with Gasteiger partial charge in [0.2, 0.25) is 0 Å². The lowest BCUT2D eigenvalue weighted by Crippen LogP contribution is -2.38. The average molecular weight is 673 g/mol. The number of rotatable bonds is 28. The highest BCUT2D eigenvalue weighted by atomic mass is 28.4. The van der Waals surface area contributed by atoms with Crippen molar-refractivity contribution in [1.82, 2.24) is 0 Å². The van der Waals surface area contributed by atoms with Crippen LogP contribution in [0.5, 0.6) is 0 Å². The predicted octanol–water partition coefficient (Wildman–Crippen LogP) is 8.02. The monoisotopic (exact) mass is 672 g/mol. The van der Waals surface area contributed by atoms with Gasteiger partial charge in [-0.15, -0.1) is 0 Å². The molecule has 0 radical (unpaired) electrons. The molecule has 0 aliphatic rings. The zero-order chi connectivity index (χ0) is 31.5. The predicted molar refractivity (Wildman–Crippen MR) is 184 cm³/mol. The Hall–Kier alpha value is 0.764. The number of hydrogen-bond donors (Lipinski definition) is 0. The molecule has 0 fully saturated rings. The molecule has 0 rings (SSSR count). The van der Waals surface area contributed by atoms with Crippen LogP contribution in [0.3, 0.4) is 0 Å². The van der Waals surface area contributed by atoms with Gasteiger partial charge in [-0.25, -0.2) is 0 Å². The van der Waals surface area contributed by atoms with Crippen LogP contribution >= 0.6 is 0 Å². The van der Waals surface area contributed by atoms with Crippen LogP contribution in [0.1, 0.15) is 51.4 Å². The van der Waals surface area contributed by atoms with E-state index in [0.717, 1.165) is 24.2 Å². The van der Waals surface area contributed by atoms with Gasteiger partial charge in [0.25, 0.3) is 0 Å². The molecule has 0 N–H and O–H groups in total. The van der Waals surface area contributed by atoms with E-state index in [1.54, 1.807) is 56.9 Å². The molecule has 0 aliphatic carbocycles. The van der Waals surface area contributed by atoms with Crippen molar-refractivity contribution in [2.45, 2.75) is 126 Å². The molecule has 41 heavy (non-hydrogen) atoms. The fourth-order valence-electron chi connectivity index (χ4n) is 5.68. The third-order valence-corrected chi connectivity index (χ3v) is 27.4. The fourth-order valence-corrected chi connectivity index (χ4v) is 17.1. The Balaban J connectivity index is 5.63. The molecule has 0 spiro atoms. The molecule has 13 heteroatoms. The van der Waals surface area contributed by atoms with Crippen LogP contribution in [0.2, 0.25) is 74.5 Å². The van der Waals surface area contributed by atoms with Crippen LogP contribution in [0.15, 0.2) is 0 Å². The van der Waals surface area contributed by atoms with Crippen molar-refractivity contribution >= 4 is 42.3 Å². The van der Waals surface area contributed by atoms with Crippen LogP contribution < -0.4 is 0 Å². The first-order chi connectivity index (χ1) is 19.3. The Labute approximate surface area is 259 Å². The maximum absolute atomic E-state index is 5.79. The second-order valence-corrected chi connectivity index (χ2v) is 31.8. The van der Waals surface area contributed by atoms with Crippen LogP contribution in [-0.2, 0) is 35.4 Å². The van der Waals surface area contributed by atoms with Crippen LogP contribution in [0.25, 0.3) is 0 Å². The van der Waals surface area contributed by atoms with Crippen molar-refractivity contribution in [3.05, 3.63) is 0 Å². The summed E-state index contributed by atoms with van der Waals surface area (Å²) in [6.45, 7) is 8.73. The van der Waals surface area contributed by atoms with E-state index in [0.29, 0.717) is 0 Å². The van der Waals surface area contributed by atoms with Gasteiger partial charge in [0.15, 0.2) is 0 Å². The molecule has 0 aliphatic heterocycles. The van der Waals surface area contributed by atoms with Gasteiger partial charge in [0.1, 0.15) is 0 Å². The summed E-state index contributed by atoms with van der Waals surface area (Å²) < 4.78 is 46.3. The van der Waals surface area contributed by atoms with Gasteiger partial charge < -0.3 is 35.4 Å². The molecule has 0 aromatic rings. The minimum atomic E-state index is -2.03. The van der Waals surface area contributed by atoms with Gasteiger partial charge >= 0.3 is 34.2 Å². The normalized spacial score (nSPS) is 13.8. The minimum Gasteiger partial charge on any atom is -0.398 e. The topological polar surface area (TPSA) is 73.8 Å². The van der Waals surface area contributed by atoms with Crippen molar-refractivity contribution in [3.63, 3.8) is 0 Å². The molecular formula is C28H68O8Si5. The lowest BCUT2D eigenvalue weighted by atomic mass is 10.4. The van der Waals surface area contributed by atoms with Crippen LogP contribution in [0.4, 0.5) is 0 Å². The molecule has 0 atom stereocenters. The molecule has 0 amide bonds. The maximum atomic E-state index is 5.79. The summed E-state index contributed by atoms with van der Waals surface area (Å²) in [7, 11) is 4.80. The maximum Gasteiger partial charge on any atom is 0.334 e. The lowest BCUT2D eigenvalue weighted by molar-refractivity contribution is 0.248. The first-order valence-electron chi connectivity index (χ1n) is 15.7. The van der Waals surface area contributed by atoms with Crippen LogP contribution in [0, 0.1) is 0 Å². The van der Waals surface area contributed by atoms with Crippen molar-refractivity contribution in [2.75, 3.05) is 56.9 Å². The first-order valence-corrected chi connectivity index (χ1v) is 28.7. The van der Waals surface area contributed by atoms with Crippen molar-refractivity contribution in [3.8, 4) is 0 Å². The molecule has 248 valence electrons. The SMILES string of the molecule is CO[Si](C)(CCCC[Si](CCCC[Si](C)(OC)OC)(CCCC[Si](C)(OC)OC)CCCC[Si](C)(OC)OC)OC. The zero-order valence-corrected chi connectivity index (χ0v) is 34.1. The second-order valence-electron chi connectivity index (χ2n) is 12.5. The molecule has 0 unspecified atom stereocenters. The molecule has 0 aromatic carbocycles. The van der Waals surface area contributed by atoms with Crippen molar-refractivity contribution < 1.29 is 35.4 Å². The molecule has 0 bridgehead atoms. The molecule has 8 nitrogen and oxygen atoms in total. The highest BCUT2D eigenvalue weighted by molar-refractivity contribution is 6.80. The van der Waals surface area contributed by atoms with E-state index in [1.807, 2.05) is 0 Å². The number of unbranched alkanes of at least 4 members (excludes halogenated alkanes) is 4. The third-order valence-electron chi connectivity index (χ3n) is 9.81. The van der Waals surface area contributed by atoms with Crippen molar-refractivity contribution in [1.29, 1.82) is 0 Å². The van der Waals surface area contributed by atoms with Gasteiger partial charge in [0, 0.05) is 56.9 Å². The standard InChI is InChI=1S/C28H68O8Si5/c1-29-37(9,30-2)21-13-17-25-41(26-18-14-22-38(10,31-3)32-4,27-19-15-23-39(11,33-5)34-6)28-20-16-24-40(12,35-7)36-8/h13-28H2,1-12H3. The molecule has 0 saturated heterocycles. The Kier molecular flexibility index (Phi) is 21.9. The summed E-state index contributed by atoms with van der Waals surface area (Å²) in [5.41, 5.74) is 0. The summed E-state index contributed by atoms with van der Waals surface area (Å²) in [6, 6.07) is 9.81. The molecule has 0 heterocycles. The van der Waals surface area contributed by atoms with E-state index in [1.165, 1.54) is 75.5 Å². The van der Waals surface area contributed by atoms with Gasteiger partial charge in [-0.3, -0.25) is 0 Å². The van der Waals surface area contributed by atoms with Crippen molar-refractivity contribution in [2.24, 2.45) is 0 Å². The summed E-state index contributed by atoms with van der Waals surface area (Å²) in [5.74, 6) is 0. The average Bonchev–Trinajstić information content (AvgIpc) is 3.01. The zero-order valence-electron chi connectivity index (χ0n) is 29.1. The minimum absolute atomic E-state index is 1.06. The van der Waals surface area contributed by atoms with Crippen LogP contribution in [-0.4, -0.2) is 99.2 Å². The van der Waals surface area contributed by atoms with Gasteiger partial charge in [0.05, 0.1) is 8.07 Å². The first kappa shape index (κ1) is 41.8. The molecule has 0 aromatic heterocycles. The summed E-state index contributed by atoms with van der Waals surface area (Å²) >= 11 is 0. The molecule has 0 saturated carbocycles. The third kappa shape index (κ3) is 16.6. The summed E-state index contributed by atoms with van der Waals surface area (Å²) in [5, 5.41) is 0. The van der Waals surface area contributed by atoms with Gasteiger partial charge in [-0.05, 0) is 50.4 Å². The van der Waals surface area contributed by atoms with Gasteiger partial charge in [-0.1, -0.05) is 75.5 Å². The lowest BCUT2D eigenvalue weighted by Gasteiger charge is -2.34. The van der Waals surface area contributed by atoms with E-state index in [-0.39, 0.29) is 0 Å². The summed E-state index contributed by atoms with van der Waals surface area (Å²) in [4.78, 5) is 0.